The van der Waals surface area contributed by atoms with Gasteiger partial charge in [0.2, 0.25) is 5.91 Å². The van der Waals surface area contributed by atoms with Crippen LogP contribution in [0.4, 0.5) is 5.69 Å². The SMILES string of the molecule is CC(C)(C)c1ccccc1N1CC(CCl)CC1=O. The van der Waals surface area contributed by atoms with Crippen LogP contribution in [-0.4, -0.2) is 18.3 Å². The van der Waals surface area contributed by atoms with E-state index in [0.29, 0.717) is 12.3 Å². The van der Waals surface area contributed by atoms with Crippen LogP contribution >= 0.6 is 11.6 Å². The fourth-order valence-electron chi connectivity index (χ4n) is 2.46. The van der Waals surface area contributed by atoms with Gasteiger partial charge in [-0.25, -0.2) is 0 Å². The number of halogens is 1. The monoisotopic (exact) mass is 265 g/mol. The first-order valence-electron chi connectivity index (χ1n) is 6.39. The molecule has 0 N–H and O–H groups in total. The van der Waals surface area contributed by atoms with E-state index in [4.69, 9.17) is 11.6 Å². The first-order valence-corrected chi connectivity index (χ1v) is 6.92. The van der Waals surface area contributed by atoms with Crippen LogP contribution in [0.15, 0.2) is 24.3 Å². The van der Waals surface area contributed by atoms with Crippen molar-refractivity contribution in [2.75, 3.05) is 17.3 Å². The Hall–Kier alpha value is -1.02. The summed E-state index contributed by atoms with van der Waals surface area (Å²) in [7, 11) is 0. The maximum absolute atomic E-state index is 12.1. The highest BCUT2D eigenvalue weighted by Gasteiger charge is 2.32. The van der Waals surface area contributed by atoms with Crippen LogP contribution in [0.25, 0.3) is 0 Å². The smallest absolute Gasteiger partial charge is 0.227 e. The number of benzene rings is 1. The number of amides is 1. The second-order valence-corrected chi connectivity index (χ2v) is 6.30. The van der Waals surface area contributed by atoms with E-state index in [1.165, 1.54) is 5.56 Å². The van der Waals surface area contributed by atoms with Crippen molar-refractivity contribution in [2.45, 2.75) is 32.6 Å². The van der Waals surface area contributed by atoms with Gasteiger partial charge in [0.05, 0.1) is 0 Å². The molecule has 2 nitrogen and oxygen atoms in total. The summed E-state index contributed by atoms with van der Waals surface area (Å²) in [6, 6.07) is 8.17. The molecule has 1 atom stereocenters. The van der Waals surface area contributed by atoms with Crippen LogP contribution in [0.5, 0.6) is 0 Å². The summed E-state index contributed by atoms with van der Waals surface area (Å²) < 4.78 is 0. The van der Waals surface area contributed by atoms with Gasteiger partial charge in [-0.2, -0.15) is 0 Å². The second-order valence-electron chi connectivity index (χ2n) is 6.00. The van der Waals surface area contributed by atoms with Gasteiger partial charge in [-0.05, 0) is 23.0 Å². The highest BCUT2D eigenvalue weighted by atomic mass is 35.5. The molecule has 0 aromatic heterocycles. The molecule has 0 bridgehead atoms. The molecule has 1 aromatic carbocycles. The van der Waals surface area contributed by atoms with E-state index in [1.54, 1.807) is 0 Å². The molecule has 1 aromatic rings. The maximum Gasteiger partial charge on any atom is 0.227 e. The normalized spacial score (nSPS) is 20.6. The maximum atomic E-state index is 12.1. The Morgan fingerprint density at radius 1 is 1.33 bits per heavy atom. The van der Waals surface area contributed by atoms with Crippen molar-refractivity contribution < 1.29 is 4.79 Å². The Morgan fingerprint density at radius 3 is 2.56 bits per heavy atom. The van der Waals surface area contributed by atoms with Crippen LogP contribution in [0.2, 0.25) is 0 Å². The Balaban J connectivity index is 2.37. The quantitative estimate of drug-likeness (QED) is 0.749. The lowest BCUT2D eigenvalue weighted by Gasteiger charge is -2.27. The topological polar surface area (TPSA) is 20.3 Å². The number of para-hydroxylation sites is 1. The summed E-state index contributed by atoms with van der Waals surface area (Å²) in [5.41, 5.74) is 2.30. The summed E-state index contributed by atoms with van der Waals surface area (Å²) in [5, 5.41) is 0. The van der Waals surface area contributed by atoms with E-state index in [0.717, 1.165) is 12.2 Å². The lowest BCUT2D eigenvalue weighted by Crippen LogP contribution is -2.28. The lowest BCUT2D eigenvalue weighted by molar-refractivity contribution is -0.117. The Labute approximate surface area is 114 Å². The van der Waals surface area contributed by atoms with E-state index in [1.807, 2.05) is 23.1 Å². The van der Waals surface area contributed by atoms with Crippen LogP contribution < -0.4 is 4.90 Å². The largest absolute Gasteiger partial charge is 0.312 e. The van der Waals surface area contributed by atoms with Gasteiger partial charge in [0, 0.05) is 24.5 Å². The van der Waals surface area contributed by atoms with E-state index in [9.17, 15) is 4.79 Å². The molecule has 1 amide bonds. The van der Waals surface area contributed by atoms with Gasteiger partial charge in [-0.3, -0.25) is 4.79 Å². The minimum atomic E-state index is 0.0376. The molecule has 1 fully saturated rings. The number of alkyl halides is 1. The molecule has 0 aliphatic carbocycles. The van der Waals surface area contributed by atoms with Crippen molar-refractivity contribution in [3.8, 4) is 0 Å². The van der Waals surface area contributed by atoms with Gasteiger partial charge >= 0.3 is 0 Å². The average Bonchev–Trinajstić information content (AvgIpc) is 2.69. The highest BCUT2D eigenvalue weighted by molar-refractivity contribution is 6.18. The summed E-state index contributed by atoms with van der Waals surface area (Å²) >= 11 is 5.88. The Morgan fingerprint density at radius 2 is 2.00 bits per heavy atom. The molecule has 18 heavy (non-hydrogen) atoms. The predicted octanol–water partition coefficient (Wildman–Crippen LogP) is 3.58. The molecule has 1 heterocycles. The average molecular weight is 266 g/mol. The molecule has 1 unspecified atom stereocenters. The van der Waals surface area contributed by atoms with Crippen molar-refractivity contribution in [2.24, 2.45) is 5.92 Å². The molecule has 1 aliphatic heterocycles. The molecule has 3 heteroatoms. The number of rotatable bonds is 2. The van der Waals surface area contributed by atoms with E-state index < -0.39 is 0 Å². The van der Waals surface area contributed by atoms with Gasteiger partial charge in [0.25, 0.3) is 0 Å². The second kappa shape index (κ2) is 4.93. The standard InChI is InChI=1S/C15H20ClNO/c1-15(2,3)12-6-4-5-7-13(12)17-10-11(9-16)8-14(17)18/h4-7,11H,8-10H2,1-3H3. The van der Waals surface area contributed by atoms with Crippen molar-refractivity contribution in [3.63, 3.8) is 0 Å². The van der Waals surface area contributed by atoms with Gasteiger partial charge < -0.3 is 4.90 Å². The third-order valence-electron chi connectivity index (χ3n) is 3.43. The van der Waals surface area contributed by atoms with Crippen molar-refractivity contribution >= 4 is 23.2 Å². The van der Waals surface area contributed by atoms with Gasteiger partial charge in [0.15, 0.2) is 0 Å². The number of hydrogen-bond donors (Lipinski definition) is 0. The Kier molecular flexibility index (Phi) is 3.67. The third kappa shape index (κ3) is 2.54. The molecule has 0 saturated carbocycles. The third-order valence-corrected chi connectivity index (χ3v) is 3.86. The molecule has 2 rings (SSSR count). The first kappa shape index (κ1) is 13.4. The summed E-state index contributed by atoms with van der Waals surface area (Å²) in [5.74, 6) is 1.03. The number of carbonyl (C=O) groups excluding carboxylic acids is 1. The number of anilines is 1. The zero-order valence-electron chi connectivity index (χ0n) is 11.2. The van der Waals surface area contributed by atoms with Crippen molar-refractivity contribution in [1.29, 1.82) is 0 Å². The molecule has 98 valence electrons. The highest BCUT2D eigenvalue weighted by Crippen LogP contribution is 2.35. The van der Waals surface area contributed by atoms with E-state index in [-0.39, 0.29) is 17.2 Å². The molecular formula is C15H20ClNO. The van der Waals surface area contributed by atoms with Crippen LogP contribution in [-0.2, 0) is 10.2 Å². The fraction of sp³-hybridized carbons (Fsp3) is 0.533. The molecular weight excluding hydrogens is 246 g/mol. The fourth-order valence-corrected chi connectivity index (χ4v) is 2.67. The lowest BCUT2D eigenvalue weighted by atomic mass is 9.85. The number of carbonyl (C=O) groups is 1. The van der Waals surface area contributed by atoms with Crippen LogP contribution in [0.1, 0.15) is 32.8 Å². The number of hydrogen-bond acceptors (Lipinski definition) is 1. The van der Waals surface area contributed by atoms with E-state index in [2.05, 4.69) is 26.8 Å². The summed E-state index contributed by atoms with van der Waals surface area (Å²) in [4.78, 5) is 14.0. The van der Waals surface area contributed by atoms with Gasteiger partial charge in [-0.1, -0.05) is 39.0 Å². The first-order chi connectivity index (χ1) is 8.43. The molecule has 1 aliphatic rings. The van der Waals surface area contributed by atoms with Crippen LogP contribution in [0, 0.1) is 5.92 Å². The van der Waals surface area contributed by atoms with Crippen molar-refractivity contribution in [3.05, 3.63) is 29.8 Å². The molecule has 0 radical (unpaired) electrons. The summed E-state index contributed by atoms with van der Waals surface area (Å²) in [6.45, 7) is 7.26. The molecule has 0 spiro atoms. The zero-order valence-corrected chi connectivity index (χ0v) is 12.0. The Bertz CT molecular complexity index is 450. The summed E-state index contributed by atoms with van der Waals surface area (Å²) in [6.07, 6.45) is 0.571. The van der Waals surface area contributed by atoms with Crippen molar-refractivity contribution in [1.82, 2.24) is 0 Å². The van der Waals surface area contributed by atoms with Gasteiger partial charge in [-0.15, -0.1) is 11.6 Å². The predicted molar refractivity (Wildman–Crippen MR) is 76.3 cm³/mol. The number of nitrogens with zero attached hydrogens (tertiary/aromatic N) is 1. The zero-order chi connectivity index (χ0) is 13.3. The van der Waals surface area contributed by atoms with E-state index >= 15 is 0 Å². The minimum Gasteiger partial charge on any atom is -0.312 e. The molecule has 1 saturated heterocycles. The minimum absolute atomic E-state index is 0.0376. The van der Waals surface area contributed by atoms with Gasteiger partial charge in [0.1, 0.15) is 0 Å². The van der Waals surface area contributed by atoms with Crippen LogP contribution in [0.3, 0.4) is 0 Å².